The molecule has 1 aromatic rings. The molecule has 1 aliphatic rings. The molecule has 0 aromatic carbocycles. The fraction of sp³-hybridized carbons (Fsp3) is 0.583. The number of ether oxygens (including phenoxy) is 1. The third-order valence-electron chi connectivity index (χ3n) is 3.41. The number of thiophene rings is 1. The Morgan fingerprint density at radius 1 is 1.53 bits per heavy atom. The van der Waals surface area contributed by atoms with Gasteiger partial charge in [0.15, 0.2) is 15.6 Å². The second kappa shape index (κ2) is 5.52. The number of Topliss-reactive ketones (excluding diaryl/α,β-unsaturated/α-hetero) is 1. The molecule has 106 valence electrons. The molecule has 0 bridgehead atoms. The molecule has 0 aliphatic carbocycles. The van der Waals surface area contributed by atoms with Gasteiger partial charge in [-0.1, -0.05) is 11.6 Å². The number of carbonyl (C=O) groups excluding carboxylic acids is 1. The fourth-order valence-corrected chi connectivity index (χ4v) is 5.34. The van der Waals surface area contributed by atoms with Gasteiger partial charge in [-0.3, -0.25) is 4.79 Å². The Bertz CT molecular complexity index is 578. The van der Waals surface area contributed by atoms with Crippen LogP contribution in [0, 0.1) is 0 Å². The van der Waals surface area contributed by atoms with Gasteiger partial charge in [0, 0.05) is 6.61 Å². The first kappa shape index (κ1) is 15.0. The van der Waals surface area contributed by atoms with Crippen molar-refractivity contribution in [2.24, 2.45) is 0 Å². The lowest BCUT2D eigenvalue weighted by molar-refractivity contribution is 0.0994. The summed E-state index contributed by atoms with van der Waals surface area (Å²) >= 11 is 6.87. The van der Waals surface area contributed by atoms with Gasteiger partial charge in [0.05, 0.1) is 20.6 Å². The molecule has 4 nitrogen and oxygen atoms in total. The lowest BCUT2D eigenvalue weighted by Gasteiger charge is -2.19. The molecule has 0 spiro atoms. The molecule has 1 saturated heterocycles. The lowest BCUT2D eigenvalue weighted by atomic mass is 10.2. The highest BCUT2D eigenvalue weighted by Gasteiger charge is 2.42. The molecule has 0 radical (unpaired) electrons. The van der Waals surface area contributed by atoms with Crippen LogP contribution in [0.5, 0.6) is 0 Å². The molecule has 0 amide bonds. The summed E-state index contributed by atoms with van der Waals surface area (Å²) in [7, 11) is -3.54. The van der Waals surface area contributed by atoms with Crippen LogP contribution in [-0.2, 0) is 14.6 Å². The number of halogens is 1. The van der Waals surface area contributed by atoms with E-state index in [0.29, 0.717) is 22.2 Å². The highest BCUT2D eigenvalue weighted by atomic mass is 35.5. The Hall–Kier alpha value is -0.430. The molecule has 0 N–H and O–H groups in total. The van der Waals surface area contributed by atoms with Gasteiger partial charge >= 0.3 is 0 Å². The number of sulfone groups is 1. The molecular formula is C12H15ClO4S2. The third kappa shape index (κ3) is 2.86. The van der Waals surface area contributed by atoms with E-state index >= 15 is 0 Å². The van der Waals surface area contributed by atoms with Crippen LogP contribution >= 0.6 is 22.9 Å². The standard InChI is InChI=1S/C12H15ClO4S2/c1-7-10(5-6-17-7)19(15,16)8(2)12(14)9-3-4-11(13)18-9/h3-4,7-8,10H,5-6H2,1-2H3. The zero-order valence-electron chi connectivity index (χ0n) is 10.6. The minimum absolute atomic E-state index is 0.354. The van der Waals surface area contributed by atoms with E-state index in [9.17, 15) is 13.2 Å². The molecule has 1 fully saturated rings. The highest BCUT2D eigenvalue weighted by molar-refractivity contribution is 7.93. The Balaban J connectivity index is 2.23. The van der Waals surface area contributed by atoms with E-state index in [1.165, 1.54) is 6.92 Å². The van der Waals surface area contributed by atoms with Crippen molar-refractivity contribution in [3.05, 3.63) is 21.3 Å². The number of ketones is 1. The molecule has 0 saturated carbocycles. The Labute approximate surface area is 121 Å². The van der Waals surface area contributed by atoms with Gasteiger partial charge in [0.1, 0.15) is 5.25 Å². The van der Waals surface area contributed by atoms with E-state index in [4.69, 9.17) is 16.3 Å². The second-order valence-corrected chi connectivity index (χ2v) is 8.81. The highest BCUT2D eigenvalue weighted by Crippen LogP contribution is 2.28. The first-order chi connectivity index (χ1) is 8.84. The van der Waals surface area contributed by atoms with Gasteiger partial charge < -0.3 is 4.74 Å². The van der Waals surface area contributed by atoms with Crippen LogP contribution in [0.1, 0.15) is 29.9 Å². The largest absolute Gasteiger partial charge is 0.377 e. The van der Waals surface area contributed by atoms with E-state index in [0.717, 1.165) is 11.3 Å². The first-order valence-corrected chi connectivity index (χ1v) is 8.78. The minimum Gasteiger partial charge on any atom is -0.377 e. The van der Waals surface area contributed by atoms with E-state index in [-0.39, 0.29) is 6.10 Å². The van der Waals surface area contributed by atoms with Gasteiger partial charge in [0.2, 0.25) is 0 Å². The van der Waals surface area contributed by atoms with Crippen LogP contribution in [0.15, 0.2) is 12.1 Å². The smallest absolute Gasteiger partial charge is 0.190 e. The van der Waals surface area contributed by atoms with Crippen LogP contribution < -0.4 is 0 Å². The van der Waals surface area contributed by atoms with E-state index in [1.54, 1.807) is 19.1 Å². The van der Waals surface area contributed by atoms with Gasteiger partial charge in [-0.15, -0.1) is 11.3 Å². The molecule has 3 atom stereocenters. The number of rotatable bonds is 4. The summed E-state index contributed by atoms with van der Waals surface area (Å²) in [6.45, 7) is 3.60. The summed E-state index contributed by atoms with van der Waals surface area (Å²) in [5.41, 5.74) is 0. The quantitative estimate of drug-likeness (QED) is 0.799. The Morgan fingerprint density at radius 3 is 2.68 bits per heavy atom. The molecule has 2 rings (SSSR count). The van der Waals surface area contributed by atoms with E-state index < -0.39 is 26.1 Å². The van der Waals surface area contributed by atoms with Gasteiger partial charge in [-0.05, 0) is 32.4 Å². The summed E-state index contributed by atoms with van der Waals surface area (Å²) in [4.78, 5) is 12.6. The molecule has 2 heterocycles. The Kier molecular flexibility index (Phi) is 4.35. The van der Waals surface area contributed by atoms with Crippen molar-refractivity contribution in [3.63, 3.8) is 0 Å². The topological polar surface area (TPSA) is 60.4 Å². The summed E-state index contributed by atoms with van der Waals surface area (Å²) in [6.07, 6.45) is 0.0962. The number of carbonyl (C=O) groups is 1. The molecule has 1 aliphatic heterocycles. The zero-order valence-corrected chi connectivity index (χ0v) is 13.0. The maximum atomic E-state index is 12.4. The Morgan fingerprint density at radius 2 is 2.21 bits per heavy atom. The van der Waals surface area contributed by atoms with Crippen molar-refractivity contribution in [1.82, 2.24) is 0 Å². The minimum atomic E-state index is -3.54. The van der Waals surface area contributed by atoms with E-state index in [1.807, 2.05) is 0 Å². The predicted molar refractivity (Wildman–Crippen MR) is 75.9 cm³/mol. The van der Waals surface area contributed by atoms with Crippen LogP contribution in [0.25, 0.3) is 0 Å². The molecule has 19 heavy (non-hydrogen) atoms. The average Bonchev–Trinajstić information content (AvgIpc) is 2.96. The van der Waals surface area contributed by atoms with Gasteiger partial charge in [0.25, 0.3) is 0 Å². The maximum absolute atomic E-state index is 12.4. The van der Waals surface area contributed by atoms with Gasteiger partial charge in [-0.2, -0.15) is 0 Å². The monoisotopic (exact) mass is 322 g/mol. The normalized spacial score (nSPS) is 25.4. The SMILES string of the molecule is CC1OCCC1S(=O)(=O)C(C)C(=O)c1ccc(Cl)s1. The molecule has 1 aromatic heterocycles. The van der Waals surface area contributed by atoms with Crippen LogP contribution in [0.4, 0.5) is 0 Å². The lowest BCUT2D eigenvalue weighted by Crippen LogP contribution is -2.38. The number of hydrogen-bond acceptors (Lipinski definition) is 5. The van der Waals surface area contributed by atoms with Crippen molar-refractivity contribution in [3.8, 4) is 0 Å². The van der Waals surface area contributed by atoms with Crippen LogP contribution in [0.2, 0.25) is 4.34 Å². The molecule has 7 heteroatoms. The zero-order chi connectivity index (χ0) is 14.2. The van der Waals surface area contributed by atoms with E-state index in [2.05, 4.69) is 0 Å². The van der Waals surface area contributed by atoms with Crippen LogP contribution in [0.3, 0.4) is 0 Å². The van der Waals surface area contributed by atoms with Crippen molar-refractivity contribution in [1.29, 1.82) is 0 Å². The van der Waals surface area contributed by atoms with Crippen molar-refractivity contribution < 1.29 is 17.9 Å². The third-order valence-corrected chi connectivity index (χ3v) is 7.32. The maximum Gasteiger partial charge on any atom is 0.190 e. The summed E-state index contributed by atoms with van der Waals surface area (Å²) in [6, 6.07) is 3.16. The van der Waals surface area contributed by atoms with Crippen molar-refractivity contribution in [2.45, 2.75) is 36.9 Å². The van der Waals surface area contributed by atoms with Crippen molar-refractivity contribution in [2.75, 3.05) is 6.61 Å². The second-order valence-electron chi connectivity index (χ2n) is 4.60. The average molecular weight is 323 g/mol. The summed E-state index contributed by atoms with van der Waals surface area (Å²) in [5.74, 6) is -0.393. The number of hydrogen-bond donors (Lipinski definition) is 0. The predicted octanol–water partition coefficient (Wildman–Crippen LogP) is 2.56. The fourth-order valence-electron chi connectivity index (χ4n) is 2.20. The summed E-state index contributed by atoms with van der Waals surface area (Å²) in [5, 5.41) is -1.65. The van der Waals surface area contributed by atoms with Crippen LogP contribution in [-0.4, -0.2) is 37.4 Å². The molecular weight excluding hydrogens is 308 g/mol. The summed E-state index contributed by atoms with van der Waals surface area (Å²) < 4.78 is 30.6. The first-order valence-electron chi connectivity index (χ1n) is 5.98. The molecule has 3 unspecified atom stereocenters. The van der Waals surface area contributed by atoms with Gasteiger partial charge in [-0.25, -0.2) is 8.42 Å². The van der Waals surface area contributed by atoms with Crippen molar-refractivity contribution >= 4 is 38.6 Å².